The molecule has 20 heavy (non-hydrogen) atoms. The van der Waals surface area contributed by atoms with Gasteiger partial charge in [0.2, 0.25) is 0 Å². The maximum atomic E-state index is 12.1. The van der Waals surface area contributed by atoms with E-state index in [2.05, 4.69) is 17.2 Å². The molecule has 0 saturated heterocycles. The number of amides is 1. The van der Waals surface area contributed by atoms with Crippen molar-refractivity contribution >= 4 is 5.91 Å². The van der Waals surface area contributed by atoms with Gasteiger partial charge in [-0.2, -0.15) is 0 Å². The zero-order valence-corrected chi connectivity index (χ0v) is 12.3. The van der Waals surface area contributed by atoms with Crippen molar-refractivity contribution in [3.05, 3.63) is 34.9 Å². The van der Waals surface area contributed by atoms with E-state index in [0.717, 1.165) is 17.5 Å². The van der Waals surface area contributed by atoms with Gasteiger partial charge in [0.15, 0.2) is 0 Å². The molecule has 1 aromatic rings. The minimum Gasteiger partial charge on any atom is -0.383 e. The normalized spacial score (nSPS) is 11.4. The zero-order valence-electron chi connectivity index (χ0n) is 12.3. The summed E-state index contributed by atoms with van der Waals surface area (Å²) in [4.78, 5) is 12.1. The summed E-state index contributed by atoms with van der Waals surface area (Å²) < 4.78 is 5.07. The fourth-order valence-corrected chi connectivity index (χ4v) is 1.82. The van der Waals surface area contributed by atoms with Crippen molar-refractivity contribution in [2.45, 2.75) is 26.3 Å². The van der Waals surface area contributed by atoms with E-state index >= 15 is 0 Å². The van der Waals surface area contributed by atoms with Crippen LogP contribution in [0.1, 0.15) is 34.8 Å². The maximum absolute atomic E-state index is 12.1. The van der Waals surface area contributed by atoms with Crippen molar-refractivity contribution in [2.75, 3.05) is 20.3 Å². The Hall–Kier alpha value is -1.83. The standard InChI is InChI=1S/C16H22N2O2/c1-4-15(11-20-3)18-16(19)14-8-7-13(6-5-9-17)12(2)10-14/h7-8,10,15H,4,9,11,17H2,1-3H3,(H,18,19). The van der Waals surface area contributed by atoms with Gasteiger partial charge in [0.1, 0.15) is 0 Å². The molecule has 1 atom stereocenters. The van der Waals surface area contributed by atoms with Crippen molar-refractivity contribution < 1.29 is 9.53 Å². The summed E-state index contributed by atoms with van der Waals surface area (Å²) in [5.41, 5.74) is 7.86. The Bertz CT molecular complexity index is 515. The molecule has 0 aromatic heterocycles. The Morgan fingerprint density at radius 1 is 1.50 bits per heavy atom. The van der Waals surface area contributed by atoms with Crippen LogP contribution in [0.4, 0.5) is 0 Å². The Kier molecular flexibility index (Phi) is 6.78. The summed E-state index contributed by atoms with van der Waals surface area (Å²) in [7, 11) is 1.63. The lowest BCUT2D eigenvalue weighted by molar-refractivity contribution is 0.0894. The van der Waals surface area contributed by atoms with Gasteiger partial charge in [-0.15, -0.1) is 0 Å². The minimum absolute atomic E-state index is 0.0320. The second kappa shape index (κ2) is 8.36. The van der Waals surface area contributed by atoms with E-state index in [4.69, 9.17) is 10.5 Å². The van der Waals surface area contributed by atoms with Crippen LogP contribution < -0.4 is 11.1 Å². The number of ether oxygens (including phenoxy) is 1. The number of nitrogens with two attached hydrogens (primary N) is 1. The maximum Gasteiger partial charge on any atom is 0.251 e. The lowest BCUT2D eigenvalue weighted by Crippen LogP contribution is -2.37. The summed E-state index contributed by atoms with van der Waals surface area (Å²) in [6.45, 7) is 4.79. The van der Waals surface area contributed by atoms with Gasteiger partial charge in [0.25, 0.3) is 5.91 Å². The summed E-state index contributed by atoms with van der Waals surface area (Å²) in [6, 6.07) is 5.51. The van der Waals surface area contributed by atoms with Crippen molar-refractivity contribution in [3.8, 4) is 11.8 Å². The van der Waals surface area contributed by atoms with Gasteiger partial charge in [-0.05, 0) is 37.1 Å². The van der Waals surface area contributed by atoms with Crippen LogP contribution in [0.25, 0.3) is 0 Å². The van der Waals surface area contributed by atoms with Crippen LogP contribution in [0.2, 0.25) is 0 Å². The highest BCUT2D eigenvalue weighted by Crippen LogP contribution is 2.10. The molecule has 0 fully saturated rings. The molecule has 4 heteroatoms. The predicted octanol–water partition coefficient (Wildman–Crippen LogP) is 1.46. The number of hydrogen-bond donors (Lipinski definition) is 2. The number of carbonyl (C=O) groups excluding carboxylic acids is 1. The molecule has 0 aliphatic heterocycles. The van der Waals surface area contributed by atoms with Gasteiger partial charge in [-0.1, -0.05) is 18.8 Å². The highest BCUT2D eigenvalue weighted by atomic mass is 16.5. The van der Waals surface area contributed by atoms with Gasteiger partial charge in [0.05, 0.1) is 19.2 Å². The molecule has 0 aliphatic carbocycles. The first-order valence-corrected chi connectivity index (χ1v) is 6.71. The zero-order chi connectivity index (χ0) is 15.0. The van der Waals surface area contributed by atoms with Crippen LogP contribution in [0, 0.1) is 18.8 Å². The van der Waals surface area contributed by atoms with Crippen molar-refractivity contribution in [2.24, 2.45) is 5.73 Å². The summed E-state index contributed by atoms with van der Waals surface area (Å²) in [5, 5.41) is 2.95. The number of benzene rings is 1. The average molecular weight is 274 g/mol. The third kappa shape index (κ3) is 4.69. The van der Waals surface area contributed by atoms with Crippen LogP contribution in [0.5, 0.6) is 0 Å². The summed E-state index contributed by atoms with van der Waals surface area (Å²) >= 11 is 0. The first-order valence-electron chi connectivity index (χ1n) is 6.71. The van der Waals surface area contributed by atoms with E-state index in [-0.39, 0.29) is 11.9 Å². The molecule has 108 valence electrons. The van der Waals surface area contributed by atoms with E-state index in [1.54, 1.807) is 13.2 Å². The third-order valence-corrected chi connectivity index (χ3v) is 3.01. The molecule has 0 aliphatic rings. The van der Waals surface area contributed by atoms with E-state index in [0.29, 0.717) is 18.7 Å². The SMILES string of the molecule is CCC(COC)NC(=O)c1ccc(C#CCN)c(C)c1. The van der Waals surface area contributed by atoms with Crippen molar-refractivity contribution in [3.63, 3.8) is 0 Å². The van der Waals surface area contributed by atoms with Crippen LogP contribution >= 0.6 is 0 Å². The molecule has 0 bridgehead atoms. The number of hydrogen-bond acceptors (Lipinski definition) is 3. The van der Waals surface area contributed by atoms with E-state index in [9.17, 15) is 4.79 Å². The first-order chi connectivity index (χ1) is 9.62. The number of carbonyl (C=O) groups is 1. The summed E-state index contributed by atoms with van der Waals surface area (Å²) in [6.07, 6.45) is 0.832. The quantitative estimate of drug-likeness (QED) is 0.799. The highest BCUT2D eigenvalue weighted by molar-refractivity contribution is 5.94. The number of methoxy groups -OCH3 is 1. The molecule has 0 spiro atoms. The lowest BCUT2D eigenvalue weighted by Gasteiger charge is -2.16. The first kappa shape index (κ1) is 16.2. The fraction of sp³-hybridized carbons (Fsp3) is 0.438. The Labute approximate surface area is 120 Å². The molecule has 0 radical (unpaired) electrons. The fourth-order valence-electron chi connectivity index (χ4n) is 1.82. The molecule has 0 heterocycles. The molecular weight excluding hydrogens is 252 g/mol. The van der Waals surface area contributed by atoms with Crippen LogP contribution in [-0.2, 0) is 4.74 Å². The molecule has 1 amide bonds. The average Bonchev–Trinajstić information content (AvgIpc) is 2.45. The molecule has 1 aromatic carbocycles. The Morgan fingerprint density at radius 2 is 2.25 bits per heavy atom. The molecule has 0 saturated carbocycles. The van der Waals surface area contributed by atoms with Crippen molar-refractivity contribution in [1.29, 1.82) is 0 Å². The van der Waals surface area contributed by atoms with E-state index < -0.39 is 0 Å². The smallest absolute Gasteiger partial charge is 0.251 e. The van der Waals surface area contributed by atoms with E-state index in [1.165, 1.54) is 0 Å². The lowest BCUT2D eigenvalue weighted by atomic mass is 10.0. The largest absolute Gasteiger partial charge is 0.383 e. The second-order valence-corrected chi connectivity index (χ2v) is 4.57. The monoisotopic (exact) mass is 274 g/mol. The van der Waals surface area contributed by atoms with Gasteiger partial charge >= 0.3 is 0 Å². The van der Waals surface area contributed by atoms with Gasteiger partial charge < -0.3 is 15.8 Å². The minimum atomic E-state index is -0.0877. The molecule has 4 nitrogen and oxygen atoms in total. The molecule has 3 N–H and O–H groups in total. The molecular formula is C16H22N2O2. The van der Waals surface area contributed by atoms with Crippen LogP contribution in [0.3, 0.4) is 0 Å². The highest BCUT2D eigenvalue weighted by Gasteiger charge is 2.12. The van der Waals surface area contributed by atoms with Crippen LogP contribution in [0.15, 0.2) is 18.2 Å². The molecule has 1 unspecified atom stereocenters. The Morgan fingerprint density at radius 3 is 2.80 bits per heavy atom. The third-order valence-electron chi connectivity index (χ3n) is 3.01. The predicted molar refractivity (Wildman–Crippen MR) is 80.5 cm³/mol. The van der Waals surface area contributed by atoms with Crippen molar-refractivity contribution in [1.82, 2.24) is 5.32 Å². The number of nitrogens with one attached hydrogen (secondary N) is 1. The van der Waals surface area contributed by atoms with Gasteiger partial charge in [-0.25, -0.2) is 0 Å². The van der Waals surface area contributed by atoms with E-state index in [1.807, 2.05) is 26.0 Å². The number of rotatable bonds is 5. The number of aryl methyl sites for hydroxylation is 1. The van der Waals surface area contributed by atoms with Gasteiger partial charge in [-0.3, -0.25) is 4.79 Å². The topological polar surface area (TPSA) is 64.3 Å². The van der Waals surface area contributed by atoms with Gasteiger partial charge in [0, 0.05) is 18.2 Å². The van der Waals surface area contributed by atoms with Crippen LogP contribution in [-0.4, -0.2) is 32.2 Å². The second-order valence-electron chi connectivity index (χ2n) is 4.57. The summed E-state index contributed by atoms with van der Waals surface area (Å²) in [5.74, 6) is 5.71. The Balaban J connectivity index is 2.81. The molecule has 1 rings (SSSR count).